The first kappa shape index (κ1) is 17.8. The third-order valence-electron chi connectivity index (χ3n) is 6.06. The number of furan rings is 1. The number of hydrogen-bond acceptors (Lipinski definition) is 2. The summed E-state index contributed by atoms with van der Waals surface area (Å²) < 4.78 is 6.32. The van der Waals surface area contributed by atoms with Gasteiger partial charge in [-0.25, -0.2) is 0 Å². The molecule has 0 saturated carbocycles. The van der Waals surface area contributed by atoms with Crippen molar-refractivity contribution in [2.24, 2.45) is 0 Å². The Kier molecular flexibility index (Phi) is 4.03. The molecule has 0 aliphatic heterocycles. The molecule has 0 N–H and O–H groups in total. The topological polar surface area (TPSA) is 16.4 Å². The summed E-state index contributed by atoms with van der Waals surface area (Å²) in [6.07, 6.45) is 0. The molecule has 31 heavy (non-hydrogen) atoms. The first-order valence-electron chi connectivity index (χ1n) is 10.5. The average Bonchev–Trinajstić information content (AvgIpc) is 3.22. The van der Waals surface area contributed by atoms with E-state index in [1.165, 1.54) is 10.8 Å². The molecule has 6 aromatic rings. The van der Waals surface area contributed by atoms with E-state index < -0.39 is 0 Å². The largest absolute Gasteiger partial charge is 0.455 e. The number of anilines is 2. The molecule has 0 aliphatic carbocycles. The van der Waals surface area contributed by atoms with Gasteiger partial charge < -0.3 is 9.32 Å². The first-order valence-corrected chi connectivity index (χ1v) is 10.5. The number of benzene rings is 5. The molecule has 0 atom stereocenters. The molecule has 2 heteroatoms. The van der Waals surface area contributed by atoms with Crippen LogP contribution < -0.4 is 4.90 Å². The van der Waals surface area contributed by atoms with Gasteiger partial charge in [0.2, 0.25) is 0 Å². The van der Waals surface area contributed by atoms with E-state index >= 15 is 0 Å². The minimum atomic E-state index is 0.917. The molecule has 0 unspecified atom stereocenters. The van der Waals surface area contributed by atoms with Crippen LogP contribution in [-0.2, 0) is 0 Å². The van der Waals surface area contributed by atoms with Crippen molar-refractivity contribution in [2.75, 3.05) is 11.9 Å². The molecule has 5 aromatic carbocycles. The van der Waals surface area contributed by atoms with E-state index in [0.29, 0.717) is 0 Å². The Morgan fingerprint density at radius 3 is 2.19 bits per heavy atom. The minimum absolute atomic E-state index is 0.917. The Morgan fingerprint density at radius 1 is 0.581 bits per heavy atom. The SMILES string of the molecule is CN(c1ccc2ccccc2c1)c1cc(-c2ccccc2)c2oc3ccccc3c2c1. The van der Waals surface area contributed by atoms with Crippen molar-refractivity contribution in [1.29, 1.82) is 0 Å². The van der Waals surface area contributed by atoms with Crippen LogP contribution in [0.15, 0.2) is 114 Å². The van der Waals surface area contributed by atoms with Crippen molar-refractivity contribution in [2.45, 2.75) is 0 Å². The lowest BCUT2D eigenvalue weighted by Gasteiger charge is -2.21. The number of para-hydroxylation sites is 1. The summed E-state index contributed by atoms with van der Waals surface area (Å²) in [4.78, 5) is 2.25. The summed E-state index contributed by atoms with van der Waals surface area (Å²) in [7, 11) is 2.13. The van der Waals surface area contributed by atoms with Crippen LogP contribution >= 0.6 is 0 Å². The van der Waals surface area contributed by atoms with Gasteiger partial charge in [0.1, 0.15) is 11.2 Å². The van der Waals surface area contributed by atoms with Crippen molar-refractivity contribution in [3.63, 3.8) is 0 Å². The predicted octanol–water partition coefficient (Wildman–Crippen LogP) is 8.17. The van der Waals surface area contributed by atoms with Crippen LogP contribution in [0.5, 0.6) is 0 Å². The summed E-state index contributed by atoms with van der Waals surface area (Å²) in [6, 6.07) is 38.3. The van der Waals surface area contributed by atoms with Gasteiger partial charge in [-0.2, -0.15) is 0 Å². The Balaban J connectivity index is 1.59. The normalized spacial score (nSPS) is 11.4. The molecule has 0 fully saturated rings. The molecule has 0 aliphatic rings. The van der Waals surface area contributed by atoms with Crippen molar-refractivity contribution >= 4 is 44.1 Å². The molecule has 148 valence electrons. The third-order valence-corrected chi connectivity index (χ3v) is 6.06. The summed E-state index contributed by atoms with van der Waals surface area (Å²) in [5, 5.41) is 4.77. The second-order valence-electron chi connectivity index (χ2n) is 7.92. The lowest BCUT2D eigenvalue weighted by atomic mass is 10.0. The van der Waals surface area contributed by atoms with Gasteiger partial charge in [0, 0.05) is 34.8 Å². The molecule has 1 heterocycles. The zero-order chi connectivity index (χ0) is 20.8. The Labute approximate surface area is 181 Å². The second kappa shape index (κ2) is 7.03. The third kappa shape index (κ3) is 2.96. The fourth-order valence-electron chi connectivity index (χ4n) is 4.37. The van der Waals surface area contributed by atoms with E-state index in [9.17, 15) is 0 Å². The lowest BCUT2D eigenvalue weighted by Crippen LogP contribution is -2.09. The quantitative estimate of drug-likeness (QED) is 0.298. The van der Waals surface area contributed by atoms with Crippen molar-refractivity contribution in [1.82, 2.24) is 0 Å². The molecule has 0 bridgehead atoms. The maximum Gasteiger partial charge on any atom is 0.143 e. The zero-order valence-corrected chi connectivity index (χ0v) is 17.2. The van der Waals surface area contributed by atoms with E-state index in [1.807, 2.05) is 18.2 Å². The number of nitrogens with zero attached hydrogens (tertiary/aromatic N) is 1. The number of fused-ring (bicyclic) bond motifs is 4. The molecule has 1 aromatic heterocycles. The van der Waals surface area contributed by atoms with Gasteiger partial charge in [-0.05, 0) is 46.7 Å². The van der Waals surface area contributed by atoms with Crippen molar-refractivity contribution in [3.05, 3.63) is 109 Å². The molecule has 0 spiro atoms. The lowest BCUT2D eigenvalue weighted by molar-refractivity contribution is 0.670. The van der Waals surface area contributed by atoms with Crippen LogP contribution in [0.2, 0.25) is 0 Å². The van der Waals surface area contributed by atoms with Crippen molar-refractivity contribution < 1.29 is 4.42 Å². The van der Waals surface area contributed by atoms with E-state index in [2.05, 4.69) is 103 Å². The van der Waals surface area contributed by atoms with Crippen LogP contribution in [0.3, 0.4) is 0 Å². The van der Waals surface area contributed by atoms with Gasteiger partial charge in [0.05, 0.1) is 0 Å². The van der Waals surface area contributed by atoms with E-state index in [1.54, 1.807) is 0 Å². The van der Waals surface area contributed by atoms with Crippen LogP contribution in [0.25, 0.3) is 43.8 Å². The second-order valence-corrected chi connectivity index (χ2v) is 7.92. The maximum atomic E-state index is 6.32. The molecule has 6 rings (SSSR count). The highest BCUT2D eigenvalue weighted by molar-refractivity contribution is 6.11. The molecular formula is C29H21NO. The highest BCUT2D eigenvalue weighted by Gasteiger charge is 2.16. The average molecular weight is 399 g/mol. The summed E-state index contributed by atoms with van der Waals surface area (Å²) >= 11 is 0. The smallest absolute Gasteiger partial charge is 0.143 e. The first-order chi connectivity index (χ1) is 15.3. The molecular weight excluding hydrogens is 378 g/mol. The Bertz CT molecular complexity index is 1550. The van der Waals surface area contributed by atoms with Gasteiger partial charge >= 0.3 is 0 Å². The molecule has 2 nitrogen and oxygen atoms in total. The van der Waals surface area contributed by atoms with Gasteiger partial charge in [-0.15, -0.1) is 0 Å². The van der Waals surface area contributed by atoms with E-state index in [4.69, 9.17) is 4.42 Å². The van der Waals surface area contributed by atoms with E-state index in [0.717, 1.165) is 44.4 Å². The fraction of sp³-hybridized carbons (Fsp3) is 0.0345. The van der Waals surface area contributed by atoms with Gasteiger partial charge in [-0.1, -0.05) is 78.9 Å². The molecule has 0 saturated heterocycles. The van der Waals surface area contributed by atoms with Gasteiger partial charge in [0.25, 0.3) is 0 Å². The zero-order valence-electron chi connectivity index (χ0n) is 17.2. The fourth-order valence-corrected chi connectivity index (χ4v) is 4.37. The molecule has 0 radical (unpaired) electrons. The van der Waals surface area contributed by atoms with Crippen molar-refractivity contribution in [3.8, 4) is 11.1 Å². The monoisotopic (exact) mass is 399 g/mol. The van der Waals surface area contributed by atoms with Crippen LogP contribution in [0.1, 0.15) is 0 Å². The standard InChI is InChI=1S/C29H21NO/c1-30(23-16-15-20-9-5-6-12-22(20)17-23)24-18-26(21-10-3-2-4-11-21)29-27(19-24)25-13-7-8-14-28(25)31-29/h2-19H,1H3. The van der Waals surface area contributed by atoms with Crippen LogP contribution in [-0.4, -0.2) is 7.05 Å². The number of rotatable bonds is 3. The van der Waals surface area contributed by atoms with Crippen LogP contribution in [0.4, 0.5) is 11.4 Å². The predicted molar refractivity (Wildman–Crippen MR) is 131 cm³/mol. The van der Waals surface area contributed by atoms with Crippen LogP contribution in [0, 0.1) is 0 Å². The maximum absolute atomic E-state index is 6.32. The minimum Gasteiger partial charge on any atom is -0.455 e. The van der Waals surface area contributed by atoms with E-state index in [-0.39, 0.29) is 0 Å². The summed E-state index contributed by atoms with van der Waals surface area (Å²) in [5.41, 5.74) is 6.40. The number of hydrogen-bond donors (Lipinski definition) is 0. The van der Waals surface area contributed by atoms with Gasteiger partial charge in [-0.3, -0.25) is 0 Å². The van der Waals surface area contributed by atoms with Gasteiger partial charge in [0.15, 0.2) is 0 Å². The highest BCUT2D eigenvalue weighted by atomic mass is 16.3. The Morgan fingerprint density at radius 2 is 1.32 bits per heavy atom. The molecule has 0 amide bonds. The summed E-state index contributed by atoms with van der Waals surface area (Å²) in [5.74, 6) is 0. The highest BCUT2D eigenvalue weighted by Crippen LogP contribution is 2.40. The summed E-state index contributed by atoms with van der Waals surface area (Å²) in [6.45, 7) is 0. The Hall–Kier alpha value is -4.04.